The van der Waals surface area contributed by atoms with E-state index in [1.807, 2.05) is 39.0 Å². The highest BCUT2D eigenvalue weighted by Gasteiger charge is 2.12. The summed E-state index contributed by atoms with van der Waals surface area (Å²) in [5.41, 5.74) is 2.82. The van der Waals surface area contributed by atoms with Crippen molar-refractivity contribution in [2.45, 2.75) is 33.2 Å². The van der Waals surface area contributed by atoms with Gasteiger partial charge in [0, 0.05) is 5.56 Å². The van der Waals surface area contributed by atoms with Gasteiger partial charge in [-0.15, -0.1) is 6.42 Å². The first-order valence-corrected chi connectivity index (χ1v) is 5.43. The molecule has 1 atom stereocenters. The van der Waals surface area contributed by atoms with Gasteiger partial charge in [0.1, 0.15) is 0 Å². The third-order valence-electron chi connectivity index (χ3n) is 2.76. The summed E-state index contributed by atoms with van der Waals surface area (Å²) < 4.78 is 0. The molecular weight excluding hydrogens is 198 g/mol. The molecule has 2 heteroatoms. The van der Waals surface area contributed by atoms with Gasteiger partial charge in [-0.1, -0.05) is 25.0 Å². The minimum absolute atomic E-state index is 0.0917. The first kappa shape index (κ1) is 12.3. The van der Waals surface area contributed by atoms with E-state index in [0.29, 0.717) is 5.56 Å². The van der Waals surface area contributed by atoms with E-state index in [2.05, 4.69) is 11.2 Å². The summed E-state index contributed by atoms with van der Waals surface area (Å²) in [6.45, 7) is 5.89. The maximum atomic E-state index is 11.9. The number of hydrogen-bond acceptors (Lipinski definition) is 1. The zero-order chi connectivity index (χ0) is 12.1. The monoisotopic (exact) mass is 215 g/mol. The van der Waals surface area contributed by atoms with E-state index in [9.17, 15) is 4.79 Å². The molecule has 0 spiro atoms. The van der Waals surface area contributed by atoms with Gasteiger partial charge in [0.05, 0.1) is 6.04 Å². The van der Waals surface area contributed by atoms with Gasteiger partial charge in [-0.25, -0.2) is 0 Å². The molecule has 2 nitrogen and oxygen atoms in total. The lowest BCUT2D eigenvalue weighted by atomic mass is 10.0. The standard InChI is InChI=1S/C14H17NO/c1-5-12(6-2)15-14(16)13-9-7-8-10(3)11(13)4/h1,7-9,12H,6H2,2-4H3,(H,15,16). The minimum Gasteiger partial charge on any atom is -0.338 e. The van der Waals surface area contributed by atoms with Crippen molar-refractivity contribution in [3.8, 4) is 12.3 Å². The second kappa shape index (κ2) is 5.37. The van der Waals surface area contributed by atoms with Crippen LogP contribution in [0.4, 0.5) is 0 Å². The normalized spacial score (nSPS) is 11.6. The van der Waals surface area contributed by atoms with Gasteiger partial charge < -0.3 is 5.32 Å². The quantitative estimate of drug-likeness (QED) is 0.771. The van der Waals surface area contributed by atoms with Gasteiger partial charge in [0.25, 0.3) is 5.91 Å². The van der Waals surface area contributed by atoms with Crippen LogP contribution in [0, 0.1) is 26.2 Å². The molecule has 1 N–H and O–H groups in total. The molecule has 0 aliphatic heterocycles. The molecule has 0 aliphatic rings. The zero-order valence-corrected chi connectivity index (χ0v) is 10.0. The second-order valence-corrected chi connectivity index (χ2v) is 3.85. The fraction of sp³-hybridized carbons (Fsp3) is 0.357. The fourth-order valence-corrected chi connectivity index (χ4v) is 1.49. The average Bonchev–Trinajstić information content (AvgIpc) is 2.29. The van der Waals surface area contributed by atoms with Crippen LogP contribution >= 0.6 is 0 Å². The molecule has 1 unspecified atom stereocenters. The molecule has 0 aromatic heterocycles. The van der Waals surface area contributed by atoms with Crippen LogP contribution < -0.4 is 5.32 Å². The number of carbonyl (C=O) groups excluding carboxylic acids is 1. The Morgan fingerprint density at radius 1 is 1.50 bits per heavy atom. The predicted octanol–water partition coefficient (Wildman–Crippen LogP) is 2.45. The highest BCUT2D eigenvalue weighted by molar-refractivity contribution is 5.96. The zero-order valence-electron chi connectivity index (χ0n) is 10.0. The molecule has 16 heavy (non-hydrogen) atoms. The van der Waals surface area contributed by atoms with Crippen molar-refractivity contribution in [2.24, 2.45) is 0 Å². The Morgan fingerprint density at radius 2 is 2.19 bits per heavy atom. The molecule has 0 aliphatic carbocycles. The van der Waals surface area contributed by atoms with Crippen LogP contribution in [-0.4, -0.2) is 11.9 Å². The molecule has 1 aromatic rings. The SMILES string of the molecule is C#CC(CC)NC(=O)c1cccc(C)c1C. The molecule has 1 aromatic carbocycles. The minimum atomic E-state index is -0.188. The summed E-state index contributed by atoms with van der Waals surface area (Å²) in [6.07, 6.45) is 6.06. The van der Waals surface area contributed by atoms with E-state index in [0.717, 1.165) is 17.5 Å². The van der Waals surface area contributed by atoms with Crippen LogP contribution in [0.1, 0.15) is 34.8 Å². The summed E-state index contributed by atoms with van der Waals surface area (Å²) in [6, 6.07) is 5.51. The summed E-state index contributed by atoms with van der Waals surface area (Å²) in [5, 5.41) is 2.83. The maximum absolute atomic E-state index is 11.9. The summed E-state index contributed by atoms with van der Waals surface area (Å²) >= 11 is 0. The van der Waals surface area contributed by atoms with Crippen LogP contribution in [0.5, 0.6) is 0 Å². The lowest BCUT2D eigenvalue weighted by Crippen LogP contribution is -2.33. The second-order valence-electron chi connectivity index (χ2n) is 3.85. The van der Waals surface area contributed by atoms with E-state index in [-0.39, 0.29) is 11.9 Å². The van der Waals surface area contributed by atoms with Crippen LogP contribution in [0.2, 0.25) is 0 Å². The lowest BCUT2D eigenvalue weighted by molar-refractivity contribution is 0.0944. The van der Waals surface area contributed by atoms with E-state index in [4.69, 9.17) is 6.42 Å². The van der Waals surface area contributed by atoms with E-state index < -0.39 is 0 Å². The van der Waals surface area contributed by atoms with Crippen LogP contribution in [0.25, 0.3) is 0 Å². The lowest BCUT2D eigenvalue weighted by Gasteiger charge is -2.13. The van der Waals surface area contributed by atoms with Crippen molar-refractivity contribution in [3.05, 3.63) is 34.9 Å². The Labute approximate surface area is 97.1 Å². The fourth-order valence-electron chi connectivity index (χ4n) is 1.49. The van der Waals surface area contributed by atoms with Crippen LogP contribution in [-0.2, 0) is 0 Å². The molecule has 84 valence electrons. The average molecular weight is 215 g/mol. The first-order valence-electron chi connectivity index (χ1n) is 5.43. The molecule has 0 heterocycles. The molecule has 1 rings (SSSR count). The maximum Gasteiger partial charge on any atom is 0.252 e. The van der Waals surface area contributed by atoms with Gasteiger partial charge in [0.2, 0.25) is 0 Å². The van der Waals surface area contributed by atoms with Gasteiger partial charge in [0.15, 0.2) is 0 Å². The Morgan fingerprint density at radius 3 is 2.75 bits per heavy atom. The molecule has 0 saturated carbocycles. The van der Waals surface area contributed by atoms with Crippen molar-refractivity contribution in [1.29, 1.82) is 0 Å². The molecular formula is C14H17NO. The van der Waals surface area contributed by atoms with Crippen molar-refractivity contribution in [1.82, 2.24) is 5.32 Å². The summed E-state index contributed by atoms with van der Waals surface area (Å²) in [7, 11) is 0. The number of nitrogens with one attached hydrogen (secondary N) is 1. The van der Waals surface area contributed by atoms with E-state index in [1.54, 1.807) is 0 Å². The summed E-state index contributed by atoms with van der Waals surface area (Å²) in [4.78, 5) is 11.9. The number of carbonyl (C=O) groups is 1. The molecule has 0 bridgehead atoms. The Balaban J connectivity index is 2.90. The number of rotatable bonds is 3. The highest BCUT2D eigenvalue weighted by Crippen LogP contribution is 2.12. The smallest absolute Gasteiger partial charge is 0.252 e. The third-order valence-corrected chi connectivity index (χ3v) is 2.76. The van der Waals surface area contributed by atoms with Crippen LogP contribution in [0.3, 0.4) is 0 Å². The Bertz CT molecular complexity index is 429. The van der Waals surface area contributed by atoms with Gasteiger partial charge in [-0.2, -0.15) is 0 Å². The number of amides is 1. The van der Waals surface area contributed by atoms with E-state index in [1.165, 1.54) is 0 Å². The Kier molecular flexibility index (Phi) is 4.13. The van der Waals surface area contributed by atoms with Crippen molar-refractivity contribution < 1.29 is 4.79 Å². The van der Waals surface area contributed by atoms with Crippen molar-refractivity contribution >= 4 is 5.91 Å². The summed E-state index contributed by atoms with van der Waals surface area (Å²) in [5.74, 6) is 2.46. The van der Waals surface area contributed by atoms with E-state index >= 15 is 0 Å². The van der Waals surface area contributed by atoms with Crippen LogP contribution in [0.15, 0.2) is 18.2 Å². The number of aryl methyl sites for hydroxylation is 1. The van der Waals surface area contributed by atoms with Gasteiger partial charge in [-0.3, -0.25) is 4.79 Å². The topological polar surface area (TPSA) is 29.1 Å². The molecule has 0 saturated heterocycles. The third kappa shape index (κ3) is 2.64. The number of terminal acetylenes is 1. The van der Waals surface area contributed by atoms with Gasteiger partial charge in [-0.05, 0) is 37.5 Å². The first-order chi connectivity index (χ1) is 7.60. The van der Waals surface area contributed by atoms with Crippen molar-refractivity contribution in [2.75, 3.05) is 0 Å². The molecule has 1 amide bonds. The largest absolute Gasteiger partial charge is 0.338 e. The van der Waals surface area contributed by atoms with Crippen molar-refractivity contribution in [3.63, 3.8) is 0 Å². The van der Waals surface area contributed by atoms with Gasteiger partial charge >= 0.3 is 0 Å². The highest BCUT2D eigenvalue weighted by atomic mass is 16.1. The molecule has 0 radical (unpaired) electrons. The number of hydrogen-bond donors (Lipinski definition) is 1. The number of benzene rings is 1. The predicted molar refractivity (Wildman–Crippen MR) is 66.3 cm³/mol. The Hall–Kier alpha value is -1.75. The molecule has 0 fully saturated rings.